The minimum Gasteiger partial charge on any atom is -0.338 e. The Labute approximate surface area is 172 Å². The fourth-order valence-corrected chi connectivity index (χ4v) is 5.63. The summed E-state index contributed by atoms with van der Waals surface area (Å²) in [4.78, 5) is 28.0. The van der Waals surface area contributed by atoms with E-state index in [0.717, 1.165) is 12.1 Å². The first kappa shape index (κ1) is 22.2. The maximum absolute atomic E-state index is 13.0. The van der Waals surface area contributed by atoms with Crippen LogP contribution in [0, 0.1) is 18.3 Å². The minimum absolute atomic E-state index is 0.0166. The predicted molar refractivity (Wildman–Crippen MR) is 103 cm³/mol. The zero-order valence-corrected chi connectivity index (χ0v) is 16.9. The van der Waals surface area contributed by atoms with E-state index in [1.54, 1.807) is 0 Å². The smallest absolute Gasteiger partial charge is 0.338 e. The summed E-state index contributed by atoms with van der Waals surface area (Å²) >= 11 is 0. The quantitative estimate of drug-likeness (QED) is 0.651. The highest BCUT2D eigenvalue weighted by Crippen LogP contribution is 2.31. The van der Waals surface area contributed by atoms with Gasteiger partial charge in [-0.2, -0.15) is 13.2 Å². The van der Waals surface area contributed by atoms with Crippen LogP contribution in [-0.4, -0.2) is 60.7 Å². The van der Waals surface area contributed by atoms with Crippen molar-refractivity contribution in [1.29, 1.82) is 0 Å². The minimum atomic E-state index is -4.49. The van der Waals surface area contributed by atoms with Crippen LogP contribution in [0.3, 0.4) is 0 Å². The Balaban J connectivity index is 1.70. The van der Waals surface area contributed by atoms with E-state index in [9.17, 15) is 31.2 Å². The summed E-state index contributed by atoms with van der Waals surface area (Å²) in [5.41, 5.74) is -0.490. The Morgan fingerprint density at radius 2 is 2.07 bits per heavy atom. The maximum atomic E-state index is 13.0. The number of halogens is 3. The van der Waals surface area contributed by atoms with Gasteiger partial charge in [-0.05, 0) is 24.1 Å². The number of hydrogen-bond acceptors (Lipinski definition) is 4. The van der Waals surface area contributed by atoms with Crippen molar-refractivity contribution in [2.75, 3.05) is 24.6 Å². The number of hydrogen-bond donors (Lipinski definition) is 0. The molecule has 1 aromatic rings. The van der Waals surface area contributed by atoms with Crippen LogP contribution in [0.25, 0.3) is 0 Å². The van der Waals surface area contributed by atoms with Gasteiger partial charge in [-0.25, -0.2) is 8.42 Å². The van der Waals surface area contributed by atoms with E-state index in [-0.39, 0.29) is 43.5 Å². The summed E-state index contributed by atoms with van der Waals surface area (Å²) in [5, 5.41) is 0. The second-order valence-electron chi connectivity index (χ2n) is 7.60. The Bertz CT molecular complexity index is 985. The highest BCUT2D eigenvalue weighted by molar-refractivity contribution is 7.91. The first-order chi connectivity index (χ1) is 14.0. The Hall–Kier alpha value is -2.54. The molecule has 6 nitrogen and oxygen atoms in total. The molecule has 2 aliphatic rings. The number of nitrogens with zero attached hydrogens (tertiary/aromatic N) is 2. The van der Waals surface area contributed by atoms with E-state index < -0.39 is 39.4 Å². The lowest BCUT2D eigenvalue weighted by atomic mass is 10.1. The number of benzene rings is 1. The van der Waals surface area contributed by atoms with Crippen molar-refractivity contribution in [1.82, 2.24) is 9.80 Å². The number of alkyl halides is 3. The van der Waals surface area contributed by atoms with Crippen LogP contribution in [0.15, 0.2) is 24.3 Å². The lowest BCUT2D eigenvalue weighted by Crippen LogP contribution is -2.45. The predicted octanol–water partition coefficient (Wildman–Crippen LogP) is 1.70. The van der Waals surface area contributed by atoms with Gasteiger partial charge in [-0.3, -0.25) is 9.59 Å². The van der Waals surface area contributed by atoms with E-state index >= 15 is 0 Å². The van der Waals surface area contributed by atoms with Crippen LogP contribution < -0.4 is 0 Å². The molecule has 2 saturated heterocycles. The normalized spacial score (nSPS) is 23.4. The molecule has 162 valence electrons. The molecule has 2 heterocycles. The maximum Gasteiger partial charge on any atom is 0.416 e. The fourth-order valence-electron chi connectivity index (χ4n) is 3.90. The largest absolute Gasteiger partial charge is 0.416 e. The second kappa shape index (κ2) is 8.30. The first-order valence-electron chi connectivity index (χ1n) is 9.38. The average molecular weight is 442 g/mol. The second-order valence-corrected chi connectivity index (χ2v) is 9.83. The van der Waals surface area contributed by atoms with Crippen molar-refractivity contribution in [3.63, 3.8) is 0 Å². The molecular weight excluding hydrogens is 421 g/mol. The summed E-state index contributed by atoms with van der Waals surface area (Å²) in [5.74, 6) is 0.746. The summed E-state index contributed by atoms with van der Waals surface area (Å²) < 4.78 is 62.2. The lowest BCUT2D eigenvalue weighted by molar-refractivity contribution is -0.138. The number of likely N-dealkylation sites (tertiary alicyclic amines) is 1. The molecule has 2 fully saturated rings. The van der Waals surface area contributed by atoms with Crippen LogP contribution in [0.2, 0.25) is 0 Å². The fraction of sp³-hybridized carbons (Fsp3) is 0.500. The molecule has 0 radical (unpaired) electrons. The van der Waals surface area contributed by atoms with Gasteiger partial charge < -0.3 is 9.80 Å². The number of terminal acetylenes is 1. The third-order valence-electron chi connectivity index (χ3n) is 5.39. The standard InChI is InChI=1S/C20H21F3N2O4S/c1-2-7-25(17-6-8-30(28,29)13-17)19(27)15-10-18(26)24(12-15)11-14-4-3-5-16(9-14)20(21,22)23/h1,3-5,9,15,17H,6-8,10-13H2/t15-,17+/m0/s1. The Morgan fingerprint density at radius 1 is 1.33 bits per heavy atom. The molecule has 30 heavy (non-hydrogen) atoms. The molecule has 2 aliphatic heterocycles. The molecule has 0 aromatic heterocycles. The monoisotopic (exact) mass is 442 g/mol. The van der Waals surface area contributed by atoms with Crippen LogP contribution in [0.1, 0.15) is 24.0 Å². The van der Waals surface area contributed by atoms with Crippen LogP contribution >= 0.6 is 0 Å². The molecular formula is C20H21F3N2O4S. The Morgan fingerprint density at radius 3 is 2.67 bits per heavy atom. The molecule has 2 amide bonds. The van der Waals surface area contributed by atoms with Crippen molar-refractivity contribution in [3.05, 3.63) is 35.4 Å². The molecule has 1 aromatic carbocycles. The average Bonchev–Trinajstić information content (AvgIpc) is 3.21. The molecule has 0 saturated carbocycles. The molecule has 0 aliphatic carbocycles. The molecule has 2 atom stereocenters. The summed E-state index contributed by atoms with van der Waals surface area (Å²) in [6.07, 6.45) is 1.07. The van der Waals surface area contributed by atoms with Crippen molar-refractivity contribution < 1.29 is 31.2 Å². The molecule has 10 heteroatoms. The molecule has 0 spiro atoms. The van der Waals surface area contributed by atoms with E-state index in [4.69, 9.17) is 6.42 Å². The zero-order valence-electron chi connectivity index (χ0n) is 16.1. The summed E-state index contributed by atoms with van der Waals surface area (Å²) in [6.45, 7) is -0.0503. The van der Waals surface area contributed by atoms with E-state index in [2.05, 4.69) is 5.92 Å². The van der Waals surface area contributed by atoms with Crippen LogP contribution in [0.4, 0.5) is 13.2 Å². The highest BCUT2D eigenvalue weighted by atomic mass is 32.2. The van der Waals surface area contributed by atoms with Crippen LogP contribution in [0.5, 0.6) is 0 Å². The molecule has 0 N–H and O–H groups in total. The third-order valence-corrected chi connectivity index (χ3v) is 7.14. The number of sulfone groups is 1. The van der Waals surface area contributed by atoms with Gasteiger partial charge in [-0.1, -0.05) is 18.1 Å². The molecule has 3 rings (SSSR count). The van der Waals surface area contributed by atoms with Gasteiger partial charge in [-0.15, -0.1) is 6.42 Å². The van der Waals surface area contributed by atoms with Crippen molar-refractivity contribution in [2.24, 2.45) is 5.92 Å². The van der Waals surface area contributed by atoms with Gasteiger partial charge in [0.05, 0.1) is 29.5 Å². The number of amides is 2. The van der Waals surface area contributed by atoms with Gasteiger partial charge in [0, 0.05) is 25.6 Å². The lowest BCUT2D eigenvalue weighted by Gasteiger charge is -2.28. The SMILES string of the molecule is C#CCN(C(=O)[C@H]1CC(=O)N(Cc2cccc(C(F)(F)F)c2)C1)[C@@H]1CCS(=O)(=O)C1. The summed E-state index contributed by atoms with van der Waals surface area (Å²) in [6, 6.07) is 4.18. The topological polar surface area (TPSA) is 74.8 Å². The molecule has 0 bridgehead atoms. The van der Waals surface area contributed by atoms with Crippen LogP contribution in [-0.2, 0) is 32.1 Å². The number of rotatable bonds is 5. The van der Waals surface area contributed by atoms with Gasteiger partial charge >= 0.3 is 6.18 Å². The van der Waals surface area contributed by atoms with Gasteiger partial charge in [0.25, 0.3) is 0 Å². The van der Waals surface area contributed by atoms with Gasteiger partial charge in [0.15, 0.2) is 9.84 Å². The third kappa shape index (κ3) is 4.95. The first-order valence-corrected chi connectivity index (χ1v) is 11.2. The molecule has 0 unspecified atom stereocenters. The van der Waals surface area contributed by atoms with E-state index in [1.165, 1.54) is 21.9 Å². The van der Waals surface area contributed by atoms with Crippen molar-refractivity contribution >= 4 is 21.7 Å². The van der Waals surface area contributed by atoms with Crippen molar-refractivity contribution in [2.45, 2.75) is 31.6 Å². The van der Waals surface area contributed by atoms with E-state index in [1.807, 2.05) is 0 Å². The Kier molecular flexibility index (Phi) is 6.13. The van der Waals surface area contributed by atoms with E-state index in [0.29, 0.717) is 12.0 Å². The number of carbonyl (C=O) groups is 2. The van der Waals surface area contributed by atoms with Gasteiger partial charge in [0.1, 0.15) is 0 Å². The summed E-state index contributed by atoms with van der Waals surface area (Å²) in [7, 11) is -3.23. The van der Waals surface area contributed by atoms with Crippen molar-refractivity contribution in [3.8, 4) is 12.3 Å². The van der Waals surface area contributed by atoms with Gasteiger partial charge in [0.2, 0.25) is 11.8 Å². The zero-order chi connectivity index (χ0) is 22.1. The number of carbonyl (C=O) groups excluding carboxylic acids is 2. The highest BCUT2D eigenvalue weighted by Gasteiger charge is 2.41.